The molecule has 1 unspecified atom stereocenters. The van der Waals surface area contributed by atoms with E-state index in [1.165, 1.54) is 15.6 Å². The fourth-order valence-corrected chi connectivity index (χ4v) is 6.70. The number of hydrogen-bond acceptors (Lipinski definition) is 9. The van der Waals surface area contributed by atoms with Crippen molar-refractivity contribution in [2.45, 2.75) is 24.0 Å². The van der Waals surface area contributed by atoms with E-state index < -0.39 is 15.9 Å². The predicted molar refractivity (Wildman–Crippen MR) is 116 cm³/mol. The average Bonchev–Trinajstić information content (AvgIpc) is 3.31. The SMILES string of the molecule is CCOC(=O)C1CCCN(S(=O)(=O)c2ccc(-c3ccc(N4CCOCC4)nn3)s2)C1. The van der Waals surface area contributed by atoms with Gasteiger partial charge in [-0.1, -0.05) is 0 Å². The number of esters is 1. The van der Waals surface area contributed by atoms with Gasteiger partial charge in [-0.3, -0.25) is 4.79 Å². The van der Waals surface area contributed by atoms with Gasteiger partial charge in [0.05, 0.1) is 30.6 Å². The number of piperidine rings is 1. The number of carbonyl (C=O) groups is 1. The van der Waals surface area contributed by atoms with E-state index in [0.717, 1.165) is 23.8 Å². The number of sulfonamides is 1. The van der Waals surface area contributed by atoms with Crippen LogP contribution in [0.25, 0.3) is 10.6 Å². The molecule has 11 heteroatoms. The molecule has 168 valence electrons. The van der Waals surface area contributed by atoms with Gasteiger partial charge in [-0.05, 0) is 44.0 Å². The first-order valence-corrected chi connectivity index (χ1v) is 12.7. The lowest BCUT2D eigenvalue weighted by Gasteiger charge is -2.30. The summed E-state index contributed by atoms with van der Waals surface area (Å²) in [4.78, 5) is 14.9. The van der Waals surface area contributed by atoms with Crippen LogP contribution in [0.4, 0.5) is 5.82 Å². The maximum Gasteiger partial charge on any atom is 0.310 e. The molecule has 0 radical (unpaired) electrons. The van der Waals surface area contributed by atoms with E-state index in [4.69, 9.17) is 9.47 Å². The second kappa shape index (κ2) is 9.60. The molecule has 4 heterocycles. The molecular formula is C20H26N4O5S2. The molecule has 2 fully saturated rings. The van der Waals surface area contributed by atoms with Crippen molar-refractivity contribution < 1.29 is 22.7 Å². The molecule has 1 atom stereocenters. The Hall–Kier alpha value is -2.08. The van der Waals surface area contributed by atoms with E-state index >= 15 is 0 Å². The minimum atomic E-state index is -3.68. The van der Waals surface area contributed by atoms with E-state index in [1.54, 1.807) is 19.1 Å². The fraction of sp³-hybridized carbons (Fsp3) is 0.550. The van der Waals surface area contributed by atoms with Gasteiger partial charge in [0, 0.05) is 26.2 Å². The van der Waals surface area contributed by atoms with Crippen molar-refractivity contribution in [3.8, 4) is 10.6 Å². The molecule has 0 bridgehead atoms. The molecule has 4 rings (SSSR count). The first kappa shape index (κ1) is 22.1. The van der Waals surface area contributed by atoms with Crippen LogP contribution in [0, 0.1) is 5.92 Å². The molecule has 0 spiro atoms. The second-order valence-corrected chi connectivity index (χ2v) is 10.7. The van der Waals surface area contributed by atoms with Crippen LogP contribution in [0.2, 0.25) is 0 Å². The maximum absolute atomic E-state index is 13.1. The summed E-state index contributed by atoms with van der Waals surface area (Å²) in [5, 5.41) is 8.60. The lowest BCUT2D eigenvalue weighted by atomic mass is 10.0. The summed E-state index contributed by atoms with van der Waals surface area (Å²) >= 11 is 1.17. The van der Waals surface area contributed by atoms with E-state index in [0.29, 0.717) is 44.9 Å². The molecule has 31 heavy (non-hydrogen) atoms. The van der Waals surface area contributed by atoms with Gasteiger partial charge in [0.15, 0.2) is 5.82 Å². The van der Waals surface area contributed by atoms with Crippen molar-refractivity contribution in [1.29, 1.82) is 0 Å². The molecule has 2 aromatic heterocycles. The molecule has 0 aliphatic carbocycles. The molecule has 0 N–H and O–H groups in total. The molecule has 0 amide bonds. The molecule has 2 aromatic rings. The predicted octanol–water partition coefficient (Wildman–Crippen LogP) is 2.01. The van der Waals surface area contributed by atoms with E-state index in [1.807, 2.05) is 12.1 Å². The molecule has 2 aliphatic heterocycles. The topological polar surface area (TPSA) is 102 Å². The maximum atomic E-state index is 13.1. The number of ether oxygens (including phenoxy) is 2. The minimum absolute atomic E-state index is 0.155. The third-order valence-electron chi connectivity index (χ3n) is 5.42. The quantitative estimate of drug-likeness (QED) is 0.596. The fourth-order valence-electron chi connectivity index (χ4n) is 3.75. The summed E-state index contributed by atoms with van der Waals surface area (Å²) in [6, 6.07) is 7.11. The van der Waals surface area contributed by atoms with Crippen LogP contribution in [-0.4, -0.2) is 74.9 Å². The Morgan fingerprint density at radius 1 is 1.19 bits per heavy atom. The highest BCUT2D eigenvalue weighted by molar-refractivity contribution is 7.91. The van der Waals surface area contributed by atoms with Gasteiger partial charge < -0.3 is 14.4 Å². The van der Waals surface area contributed by atoms with E-state index in [-0.39, 0.29) is 16.7 Å². The molecule has 2 saturated heterocycles. The van der Waals surface area contributed by atoms with Crippen molar-refractivity contribution in [2.75, 3.05) is 50.9 Å². The summed E-state index contributed by atoms with van der Waals surface area (Å²) in [6.45, 7) is 5.49. The number of thiophene rings is 1. The Labute approximate surface area is 186 Å². The highest BCUT2D eigenvalue weighted by Gasteiger charge is 2.34. The van der Waals surface area contributed by atoms with Crippen molar-refractivity contribution >= 4 is 33.1 Å². The zero-order valence-electron chi connectivity index (χ0n) is 17.4. The van der Waals surface area contributed by atoms with Crippen LogP contribution in [0.15, 0.2) is 28.5 Å². The summed E-state index contributed by atoms with van der Waals surface area (Å²) in [5.41, 5.74) is 0.631. The number of nitrogens with zero attached hydrogens (tertiary/aromatic N) is 4. The summed E-state index contributed by atoms with van der Waals surface area (Å²) in [7, 11) is -3.68. The standard InChI is InChI=1S/C20H26N4O5S2/c1-2-29-20(25)15-4-3-9-24(14-15)31(26,27)19-8-6-17(30-19)16-5-7-18(22-21-16)23-10-12-28-13-11-23/h5-8,15H,2-4,9-14H2,1H3. The van der Waals surface area contributed by atoms with Crippen LogP contribution < -0.4 is 4.90 Å². The van der Waals surface area contributed by atoms with Crippen molar-refractivity contribution in [3.63, 3.8) is 0 Å². The average molecular weight is 467 g/mol. The third-order valence-corrected chi connectivity index (χ3v) is 8.86. The van der Waals surface area contributed by atoms with E-state index in [2.05, 4.69) is 15.1 Å². The van der Waals surface area contributed by atoms with Gasteiger partial charge in [0.1, 0.15) is 9.90 Å². The van der Waals surface area contributed by atoms with Crippen molar-refractivity contribution in [3.05, 3.63) is 24.3 Å². The second-order valence-electron chi connectivity index (χ2n) is 7.45. The summed E-state index contributed by atoms with van der Waals surface area (Å²) in [6.07, 6.45) is 1.28. The molecule has 9 nitrogen and oxygen atoms in total. The smallest absolute Gasteiger partial charge is 0.310 e. The third kappa shape index (κ3) is 4.89. The summed E-state index contributed by atoms with van der Waals surface area (Å²) < 4.78 is 38.4. The van der Waals surface area contributed by atoms with Crippen molar-refractivity contribution in [2.24, 2.45) is 5.92 Å². The van der Waals surface area contributed by atoms with Crippen molar-refractivity contribution in [1.82, 2.24) is 14.5 Å². The van der Waals surface area contributed by atoms with Crippen LogP contribution in [0.3, 0.4) is 0 Å². The number of hydrogen-bond donors (Lipinski definition) is 0. The molecule has 0 saturated carbocycles. The van der Waals surface area contributed by atoms with Crippen LogP contribution in [-0.2, 0) is 24.3 Å². The Morgan fingerprint density at radius 3 is 2.71 bits per heavy atom. The number of morpholine rings is 1. The molecular weight excluding hydrogens is 440 g/mol. The zero-order chi connectivity index (χ0) is 21.8. The number of carbonyl (C=O) groups excluding carboxylic acids is 1. The van der Waals surface area contributed by atoms with Crippen LogP contribution in [0.5, 0.6) is 0 Å². The van der Waals surface area contributed by atoms with Gasteiger partial charge in [-0.2, -0.15) is 4.31 Å². The highest BCUT2D eigenvalue weighted by atomic mass is 32.2. The Morgan fingerprint density at radius 2 is 2.00 bits per heavy atom. The first-order valence-electron chi connectivity index (χ1n) is 10.4. The van der Waals surface area contributed by atoms with Gasteiger partial charge in [0.2, 0.25) is 0 Å². The van der Waals surface area contributed by atoms with Gasteiger partial charge in [-0.15, -0.1) is 21.5 Å². The Kier molecular flexibility index (Phi) is 6.85. The van der Waals surface area contributed by atoms with Crippen LogP contribution >= 0.6 is 11.3 Å². The number of rotatable bonds is 6. The monoisotopic (exact) mass is 466 g/mol. The number of anilines is 1. The Bertz CT molecular complexity index is 1000. The lowest BCUT2D eigenvalue weighted by Crippen LogP contribution is -2.42. The molecule has 2 aliphatic rings. The normalized spacial score (nSPS) is 20.5. The minimum Gasteiger partial charge on any atom is -0.466 e. The van der Waals surface area contributed by atoms with Crippen LogP contribution in [0.1, 0.15) is 19.8 Å². The highest BCUT2D eigenvalue weighted by Crippen LogP contribution is 2.33. The Balaban J connectivity index is 1.47. The zero-order valence-corrected chi connectivity index (χ0v) is 19.0. The number of aromatic nitrogens is 2. The van der Waals surface area contributed by atoms with Gasteiger partial charge in [-0.25, -0.2) is 8.42 Å². The van der Waals surface area contributed by atoms with Gasteiger partial charge >= 0.3 is 5.97 Å². The largest absolute Gasteiger partial charge is 0.466 e. The van der Waals surface area contributed by atoms with Gasteiger partial charge in [0.25, 0.3) is 10.0 Å². The lowest BCUT2D eigenvalue weighted by molar-refractivity contribution is -0.149. The first-order chi connectivity index (χ1) is 15.0. The summed E-state index contributed by atoms with van der Waals surface area (Å²) in [5.74, 6) is 0.0428. The molecule has 0 aromatic carbocycles. The van der Waals surface area contributed by atoms with E-state index in [9.17, 15) is 13.2 Å².